The second-order valence-corrected chi connectivity index (χ2v) is 6.44. The number of ether oxygens (including phenoxy) is 2. The summed E-state index contributed by atoms with van der Waals surface area (Å²) in [7, 11) is -0.288. The summed E-state index contributed by atoms with van der Waals surface area (Å²) in [5.74, 6) is 3.60. The van der Waals surface area contributed by atoms with E-state index in [0.717, 1.165) is 17.9 Å². The van der Waals surface area contributed by atoms with E-state index in [0.29, 0.717) is 6.79 Å². The van der Waals surface area contributed by atoms with Gasteiger partial charge in [-0.15, -0.1) is 0 Å². The minimum absolute atomic E-state index is 0.288. The van der Waals surface area contributed by atoms with Crippen LogP contribution < -0.4 is 9.47 Å². The fourth-order valence-electron chi connectivity index (χ4n) is 2.35. The van der Waals surface area contributed by atoms with E-state index < -0.39 is 0 Å². The summed E-state index contributed by atoms with van der Waals surface area (Å²) in [4.78, 5) is 0. The summed E-state index contributed by atoms with van der Waals surface area (Å²) in [6.45, 7) is 8.53. The lowest BCUT2D eigenvalue weighted by atomic mass is 9.89. The van der Waals surface area contributed by atoms with Crippen molar-refractivity contribution in [2.45, 2.75) is 45.3 Å². The van der Waals surface area contributed by atoms with Crippen molar-refractivity contribution in [3.8, 4) is 11.5 Å². The van der Waals surface area contributed by atoms with Gasteiger partial charge in [-0.25, -0.2) is 0 Å². The molecule has 2 aliphatic heterocycles. The van der Waals surface area contributed by atoms with E-state index in [1.54, 1.807) is 0 Å². The number of benzene rings is 1. The molecule has 5 heteroatoms. The van der Waals surface area contributed by atoms with Gasteiger partial charge >= 0.3 is 7.12 Å². The van der Waals surface area contributed by atoms with Crippen molar-refractivity contribution in [2.75, 3.05) is 6.79 Å². The lowest BCUT2D eigenvalue weighted by Gasteiger charge is -2.32. The second-order valence-electron chi connectivity index (χ2n) is 6.44. The topological polar surface area (TPSA) is 36.9 Å². The first-order chi connectivity index (χ1) is 9.87. The first-order valence-electron chi connectivity index (χ1n) is 7.28. The maximum Gasteiger partial charge on any atom is 0.486 e. The molecule has 0 amide bonds. The summed E-state index contributed by atoms with van der Waals surface area (Å²) in [6, 6.07) is 6.00. The Labute approximate surface area is 126 Å². The fourth-order valence-corrected chi connectivity index (χ4v) is 2.35. The largest absolute Gasteiger partial charge is 0.486 e. The molecule has 0 bridgehead atoms. The number of rotatable bonds is 3. The molecule has 21 heavy (non-hydrogen) atoms. The van der Waals surface area contributed by atoms with E-state index in [9.17, 15) is 0 Å². The Morgan fingerprint density at radius 1 is 1.05 bits per heavy atom. The molecule has 0 radical (unpaired) electrons. The van der Waals surface area contributed by atoms with Crippen LogP contribution in [0.15, 0.2) is 30.3 Å². The monoisotopic (exact) mass is 288 g/mol. The Hall–Kier alpha value is -1.46. The van der Waals surface area contributed by atoms with Crippen molar-refractivity contribution >= 4 is 7.12 Å². The quantitative estimate of drug-likeness (QED) is 0.801. The van der Waals surface area contributed by atoms with Crippen molar-refractivity contribution in [2.24, 2.45) is 0 Å². The molecule has 0 spiro atoms. The lowest BCUT2D eigenvalue weighted by Crippen LogP contribution is -2.41. The van der Waals surface area contributed by atoms with Crippen LogP contribution in [0.1, 0.15) is 33.3 Å². The third-order valence-electron chi connectivity index (χ3n) is 4.36. The Balaban J connectivity index is 1.61. The van der Waals surface area contributed by atoms with Gasteiger partial charge in [-0.05, 0) is 51.8 Å². The van der Waals surface area contributed by atoms with E-state index in [-0.39, 0.29) is 18.3 Å². The van der Waals surface area contributed by atoms with Crippen molar-refractivity contribution < 1.29 is 18.8 Å². The third-order valence-corrected chi connectivity index (χ3v) is 4.36. The van der Waals surface area contributed by atoms with Gasteiger partial charge in [0.05, 0.1) is 11.2 Å². The van der Waals surface area contributed by atoms with Crippen LogP contribution in [0.4, 0.5) is 0 Å². The van der Waals surface area contributed by atoms with Crippen molar-refractivity contribution in [1.82, 2.24) is 0 Å². The summed E-state index contributed by atoms with van der Waals surface area (Å²) in [5, 5.41) is 0. The maximum atomic E-state index is 5.92. The molecule has 2 heterocycles. The number of allylic oxidation sites excluding steroid dienone is 1. The Morgan fingerprint density at radius 2 is 1.71 bits per heavy atom. The molecule has 112 valence electrons. The molecule has 1 saturated heterocycles. The molecule has 0 saturated carbocycles. The zero-order valence-corrected chi connectivity index (χ0v) is 13.0. The standard InChI is InChI=1S/C16H21BO4/c1-15(2)16(3,4)21-17(20-15)9-5-6-12-7-8-13-14(10-12)19-11-18-13/h5,7-10H,6,11H2,1-4H3/b9-5+. The van der Waals surface area contributed by atoms with Crippen LogP contribution in [0.3, 0.4) is 0 Å². The van der Waals surface area contributed by atoms with Crippen LogP contribution >= 0.6 is 0 Å². The van der Waals surface area contributed by atoms with Crippen LogP contribution in [-0.4, -0.2) is 25.1 Å². The van der Waals surface area contributed by atoms with Gasteiger partial charge in [0.25, 0.3) is 0 Å². The van der Waals surface area contributed by atoms with Crippen LogP contribution in [0.5, 0.6) is 11.5 Å². The molecular formula is C16H21BO4. The van der Waals surface area contributed by atoms with Crippen LogP contribution in [0.2, 0.25) is 0 Å². The number of hydrogen-bond donors (Lipinski definition) is 0. The Bertz CT molecular complexity index is 549. The van der Waals surface area contributed by atoms with E-state index in [4.69, 9.17) is 18.8 Å². The average Bonchev–Trinajstić information content (AvgIpc) is 2.91. The van der Waals surface area contributed by atoms with Crippen molar-refractivity contribution in [3.05, 3.63) is 35.8 Å². The molecule has 3 rings (SSSR count). The van der Waals surface area contributed by atoms with Gasteiger partial charge in [-0.3, -0.25) is 0 Å². The highest BCUT2D eigenvalue weighted by Crippen LogP contribution is 2.37. The zero-order chi connectivity index (χ0) is 15.1. The van der Waals surface area contributed by atoms with Crippen LogP contribution in [0.25, 0.3) is 0 Å². The van der Waals surface area contributed by atoms with Gasteiger partial charge in [-0.1, -0.05) is 18.1 Å². The summed E-state index contributed by atoms with van der Waals surface area (Å²) < 4.78 is 22.5. The second kappa shape index (κ2) is 5.07. The molecule has 0 unspecified atom stereocenters. The Kier molecular flexibility index (Phi) is 3.50. The van der Waals surface area contributed by atoms with Crippen molar-refractivity contribution in [3.63, 3.8) is 0 Å². The fraction of sp³-hybridized carbons (Fsp3) is 0.500. The molecule has 0 atom stereocenters. The van der Waals surface area contributed by atoms with E-state index >= 15 is 0 Å². The minimum atomic E-state index is -0.291. The smallest absolute Gasteiger partial charge is 0.454 e. The molecule has 1 aromatic rings. The van der Waals surface area contributed by atoms with Crippen LogP contribution in [0, 0.1) is 0 Å². The summed E-state index contributed by atoms with van der Waals surface area (Å²) >= 11 is 0. The molecular weight excluding hydrogens is 267 g/mol. The lowest BCUT2D eigenvalue weighted by molar-refractivity contribution is 0.00578. The highest BCUT2D eigenvalue weighted by molar-refractivity contribution is 6.51. The van der Waals surface area contributed by atoms with E-state index in [1.165, 1.54) is 5.56 Å². The van der Waals surface area contributed by atoms with Gasteiger partial charge in [0.15, 0.2) is 11.5 Å². The molecule has 4 nitrogen and oxygen atoms in total. The highest BCUT2D eigenvalue weighted by atomic mass is 16.7. The molecule has 0 aromatic heterocycles. The number of hydrogen-bond acceptors (Lipinski definition) is 4. The van der Waals surface area contributed by atoms with Crippen LogP contribution in [-0.2, 0) is 15.7 Å². The van der Waals surface area contributed by atoms with Gasteiger partial charge < -0.3 is 18.8 Å². The van der Waals surface area contributed by atoms with Gasteiger partial charge in [0.2, 0.25) is 6.79 Å². The van der Waals surface area contributed by atoms with Crippen molar-refractivity contribution in [1.29, 1.82) is 0 Å². The Morgan fingerprint density at radius 3 is 2.43 bits per heavy atom. The molecule has 1 fully saturated rings. The third kappa shape index (κ3) is 2.80. The predicted octanol–water partition coefficient (Wildman–Crippen LogP) is 3.15. The predicted molar refractivity (Wildman–Crippen MR) is 81.5 cm³/mol. The van der Waals surface area contributed by atoms with E-state index in [2.05, 4.69) is 33.8 Å². The molecule has 1 aromatic carbocycles. The zero-order valence-electron chi connectivity index (χ0n) is 13.0. The molecule has 0 aliphatic carbocycles. The first-order valence-corrected chi connectivity index (χ1v) is 7.28. The SMILES string of the molecule is CC1(C)OB(/C=C/Cc2ccc3c(c2)OCO3)OC1(C)C. The average molecular weight is 288 g/mol. The van der Waals surface area contributed by atoms with Gasteiger partial charge in [-0.2, -0.15) is 0 Å². The number of fused-ring (bicyclic) bond motifs is 1. The normalized spacial score (nSPS) is 22.2. The first kappa shape index (κ1) is 14.5. The summed E-state index contributed by atoms with van der Waals surface area (Å²) in [6.07, 6.45) is 2.88. The molecule has 0 N–H and O–H groups in total. The minimum Gasteiger partial charge on any atom is -0.454 e. The van der Waals surface area contributed by atoms with Gasteiger partial charge in [0, 0.05) is 0 Å². The highest BCUT2D eigenvalue weighted by Gasteiger charge is 2.49. The van der Waals surface area contributed by atoms with Gasteiger partial charge in [0.1, 0.15) is 0 Å². The molecule has 2 aliphatic rings. The van der Waals surface area contributed by atoms with E-state index in [1.807, 2.05) is 24.2 Å². The summed E-state index contributed by atoms with van der Waals surface area (Å²) in [5.41, 5.74) is 0.591. The maximum absolute atomic E-state index is 5.92.